The molecule has 0 N–H and O–H groups in total. The van der Waals surface area contributed by atoms with Gasteiger partial charge in [-0.3, -0.25) is 4.57 Å². The Morgan fingerprint density at radius 2 is 1.88 bits per heavy atom. The van der Waals surface area contributed by atoms with E-state index in [4.69, 9.17) is 4.52 Å². The van der Waals surface area contributed by atoms with Crippen molar-refractivity contribution < 1.29 is 9.09 Å². The minimum absolute atomic E-state index is 0.256. The van der Waals surface area contributed by atoms with Crippen LogP contribution in [0.25, 0.3) is 0 Å². The van der Waals surface area contributed by atoms with E-state index < -0.39 is 6.57 Å². The van der Waals surface area contributed by atoms with E-state index in [9.17, 15) is 4.57 Å². The predicted octanol–water partition coefficient (Wildman–Crippen LogP) is 3.84. The van der Waals surface area contributed by atoms with Crippen LogP contribution >= 0.6 is 18.0 Å². The minimum Gasteiger partial charge on any atom is -0.318 e. The molecule has 0 heterocycles. The molecule has 17 heavy (non-hydrogen) atoms. The summed E-state index contributed by atoms with van der Waals surface area (Å²) in [7, 11) is 0. The highest BCUT2D eigenvalue weighted by Gasteiger charge is 2.25. The lowest BCUT2D eigenvalue weighted by atomic mass is 10.3. The van der Waals surface area contributed by atoms with Crippen LogP contribution in [0.4, 0.5) is 0 Å². The van der Waals surface area contributed by atoms with E-state index in [1.54, 1.807) is 6.66 Å². The molecule has 1 unspecified atom stereocenters. The largest absolute Gasteiger partial charge is 0.318 e. The summed E-state index contributed by atoms with van der Waals surface area (Å²) in [6, 6.07) is 0. The molecule has 1 aliphatic rings. The summed E-state index contributed by atoms with van der Waals surface area (Å²) >= 11 is 1.52. The number of hydrogen-bond acceptors (Lipinski definition) is 4. The van der Waals surface area contributed by atoms with Crippen LogP contribution in [0, 0.1) is 0 Å². The molecule has 0 amide bonds. The molecule has 0 bridgehead atoms. The van der Waals surface area contributed by atoms with Gasteiger partial charge in [-0.15, -0.1) is 0 Å². The lowest BCUT2D eigenvalue weighted by Gasteiger charge is -2.21. The Labute approximate surface area is 110 Å². The summed E-state index contributed by atoms with van der Waals surface area (Å²) in [5.74, 6) is 0.905. The van der Waals surface area contributed by atoms with Gasteiger partial charge in [0.25, 0.3) is 6.57 Å². The average Bonchev–Trinajstić information content (AvgIpc) is 2.76. The topological polar surface area (TPSA) is 29.5 Å². The Morgan fingerprint density at radius 1 is 1.29 bits per heavy atom. The van der Waals surface area contributed by atoms with E-state index in [2.05, 4.69) is 18.7 Å². The molecule has 0 aromatic heterocycles. The fraction of sp³-hybridized carbons (Fsp3) is 1.00. The summed E-state index contributed by atoms with van der Waals surface area (Å²) in [6.45, 7) is 6.80. The molecule has 0 aliphatic heterocycles. The average molecular weight is 279 g/mol. The van der Waals surface area contributed by atoms with Gasteiger partial charge in [0.2, 0.25) is 0 Å². The van der Waals surface area contributed by atoms with Crippen molar-refractivity contribution in [1.29, 1.82) is 0 Å². The first-order chi connectivity index (χ1) is 8.07. The third-order valence-corrected chi connectivity index (χ3v) is 7.00. The van der Waals surface area contributed by atoms with Crippen molar-refractivity contribution in [3.05, 3.63) is 0 Å². The first-order valence-electron chi connectivity index (χ1n) is 6.70. The summed E-state index contributed by atoms with van der Waals surface area (Å²) in [5.41, 5.74) is 0. The minimum atomic E-state index is -2.43. The second-order valence-electron chi connectivity index (χ2n) is 4.64. The lowest BCUT2D eigenvalue weighted by molar-refractivity contribution is 0.222. The third kappa shape index (κ3) is 6.28. The van der Waals surface area contributed by atoms with Gasteiger partial charge in [-0.2, -0.15) is 0 Å². The molecule has 102 valence electrons. The Balaban J connectivity index is 2.21. The Bertz CT molecular complexity index is 253. The fourth-order valence-corrected chi connectivity index (χ4v) is 5.44. The molecular weight excluding hydrogens is 253 g/mol. The quantitative estimate of drug-likeness (QED) is 0.631. The monoisotopic (exact) mass is 279 g/mol. The normalized spacial score (nSPS) is 20.9. The Morgan fingerprint density at radius 3 is 2.41 bits per heavy atom. The van der Waals surface area contributed by atoms with E-state index in [1.165, 1.54) is 24.2 Å². The second kappa shape index (κ2) is 7.83. The molecule has 1 rings (SSSR count). The molecular formula is C12H26NO2PS. The molecule has 1 saturated carbocycles. The molecule has 0 aromatic rings. The fourth-order valence-electron chi connectivity index (χ4n) is 2.17. The molecule has 3 nitrogen and oxygen atoms in total. The van der Waals surface area contributed by atoms with Crippen molar-refractivity contribution >= 4 is 18.0 Å². The van der Waals surface area contributed by atoms with Crippen LogP contribution in [0.2, 0.25) is 0 Å². The molecule has 0 aromatic carbocycles. The van der Waals surface area contributed by atoms with Gasteiger partial charge in [0, 0.05) is 19.0 Å². The highest BCUT2D eigenvalue weighted by Crippen LogP contribution is 2.58. The molecule has 0 radical (unpaired) electrons. The lowest BCUT2D eigenvalue weighted by Crippen LogP contribution is -2.25. The summed E-state index contributed by atoms with van der Waals surface area (Å²) in [6.07, 6.45) is 4.90. The first-order valence-corrected chi connectivity index (χ1v) is 10.4. The van der Waals surface area contributed by atoms with Crippen LogP contribution in [0.3, 0.4) is 0 Å². The van der Waals surface area contributed by atoms with Crippen molar-refractivity contribution in [3.8, 4) is 0 Å². The maximum Gasteiger partial charge on any atom is 0.255 e. The SMILES string of the molecule is CCN(CC)CCSP(C)(=O)OC1CCCC1. The zero-order valence-corrected chi connectivity index (χ0v) is 13.1. The Hall–Kier alpha value is 0.500. The first kappa shape index (κ1) is 15.6. The maximum absolute atomic E-state index is 12.3. The van der Waals surface area contributed by atoms with E-state index in [0.29, 0.717) is 0 Å². The number of rotatable bonds is 8. The van der Waals surface area contributed by atoms with Crippen LogP contribution in [0.1, 0.15) is 39.5 Å². The van der Waals surface area contributed by atoms with Gasteiger partial charge in [0.1, 0.15) is 0 Å². The highest BCUT2D eigenvalue weighted by molar-refractivity contribution is 8.56. The van der Waals surface area contributed by atoms with Crippen molar-refractivity contribution in [2.75, 3.05) is 32.1 Å². The summed E-state index contributed by atoms with van der Waals surface area (Å²) in [4.78, 5) is 2.35. The third-order valence-electron chi connectivity index (χ3n) is 3.27. The summed E-state index contributed by atoms with van der Waals surface area (Å²) < 4.78 is 18.0. The molecule has 5 heteroatoms. The van der Waals surface area contributed by atoms with Crippen molar-refractivity contribution in [1.82, 2.24) is 4.90 Å². The highest BCUT2D eigenvalue weighted by atomic mass is 32.7. The molecule has 1 fully saturated rings. The zero-order chi connectivity index (χ0) is 12.7. The van der Waals surface area contributed by atoms with Gasteiger partial charge < -0.3 is 9.42 Å². The van der Waals surface area contributed by atoms with Gasteiger partial charge in [0.15, 0.2) is 0 Å². The predicted molar refractivity (Wildman–Crippen MR) is 77.1 cm³/mol. The van der Waals surface area contributed by atoms with Crippen LogP contribution in [0.5, 0.6) is 0 Å². The van der Waals surface area contributed by atoms with Crippen molar-refractivity contribution in [2.24, 2.45) is 0 Å². The molecule has 1 aliphatic carbocycles. The molecule has 1 atom stereocenters. The zero-order valence-electron chi connectivity index (χ0n) is 11.4. The van der Waals surface area contributed by atoms with Gasteiger partial charge in [-0.1, -0.05) is 38.1 Å². The summed E-state index contributed by atoms with van der Waals surface area (Å²) in [5, 5.41) is 0. The smallest absolute Gasteiger partial charge is 0.255 e. The van der Waals surface area contributed by atoms with E-state index >= 15 is 0 Å². The van der Waals surface area contributed by atoms with Crippen LogP contribution in [-0.4, -0.2) is 43.1 Å². The molecule has 0 saturated heterocycles. The van der Waals surface area contributed by atoms with Gasteiger partial charge in [0.05, 0.1) is 6.10 Å². The standard InChI is InChI=1S/C12H26NO2PS/c1-4-13(5-2)10-11-17-16(3,14)15-12-8-6-7-9-12/h12H,4-11H2,1-3H3. The van der Waals surface area contributed by atoms with E-state index in [-0.39, 0.29) is 6.10 Å². The van der Waals surface area contributed by atoms with Crippen molar-refractivity contribution in [3.63, 3.8) is 0 Å². The van der Waals surface area contributed by atoms with Crippen LogP contribution in [-0.2, 0) is 9.09 Å². The maximum atomic E-state index is 12.3. The van der Waals surface area contributed by atoms with Crippen molar-refractivity contribution in [2.45, 2.75) is 45.6 Å². The number of nitrogens with zero attached hydrogens (tertiary/aromatic N) is 1. The van der Waals surface area contributed by atoms with Gasteiger partial charge in [-0.05, 0) is 25.9 Å². The second-order valence-corrected chi connectivity index (χ2v) is 9.83. The van der Waals surface area contributed by atoms with Gasteiger partial charge in [-0.25, -0.2) is 0 Å². The Kier molecular flexibility index (Phi) is 7.17. The van der Waals surface area contributed by atoms with Crippen LogP contribution in [0.15, 0.2) is 0 Å². The number of hydrogen-bond donors (Lipinski definition) is 0. The molecule has 0 spiro atoms. The van der Waals surface area contributed by atoms with E-state index in [0.717, 1.165) is 38.2 Å². The van der Waals surface area contributed by atoms with Crippen LogP contribution < -0.4 is 0 Å². The van der Waals surface area contributed by atoms with E-state index in [1.807, 2.05) is 0 Å². The van der Waals surface area contributed by atoms with Gasteiger partial charge >= 0.3 is 0 Å².